The molecule has 1 atom stereocenters. The number of pyridine rings is 1. The Labute approximate surface area is 130 Å². The number of aromatic nitrogens is 1. The third-order valence-electron chi connectivity index (χ3n) is 4.41. The average Bonchev–Trinajstić information content (AvgIpc) is 2.72. The summed E-state index contributed by atoms with van der Waals surface area (Å²) < 4.78 is 0. The number of aromatic hydroxyl groups is 1. The molecule has 0 saturated carbocycles. The molecular formula is C18H20N2O2. The van der Waals surface area contributed by atoms with E-state index in [2.05, 4.69) is 36.3 Å². The summed E-state index contributed by atoms with van der Waals surface area (Å²) in [6.45, 7) is 6.03. The summed E-state index contributed by atoms with van der Waals surface area (Å²) in [7, 11) is 0. The summed E-state index contributed by atoms with van der Waals surface area (Å²) in [6.07, 6.45) is 2.46. The summed E-state index contributed by atoms with van der Waals surface area (Å²) in [4.78, 5) is 16.6. The van der Waals surface area contributed by atoms with Gasteiger partial charge in [0.05, 0.1) is 6.04 Å². The molecule has 114 valence electrons. The number of nitrogens with zero attached hydrogens (tertiary/aromatic N) is 1. The molecule has 1 unspecified atom stereocenters. The number of benzene rings is 1. The third-order valence-corrected chi connectivity index (χ3v) is 4.41. The van der Waals surface area contributed by atoms with Gasteiger partial charge >= 0.3 is 0 Å². The molecule has 0 aliphatic heterocycles. The topological polar surface area (TPSA) is 62.2 Å². The number of hydrogen-bond acceptors (Lipinski definition) is 3. The van der Waals surface area contributed by atoms with E-state index in [9.17, 15) is 9.90 Å². The molecular weight excluding hydrogens is 276 g/mol. The Balaban J connectivity index is 1.92. The number of nitrogens with one attached hydrogen (secondary N) is 1. The summed E-state index contributed by atoms with van der Waals surface area (Å²) >= 11 is 0. The van der Waals surface area contributed by atoms with Gasteiger partial charge in [-0.05, 0) is 41.5 Å². The van der Waals surface area contributed by atoms with Gasteiger partial charge in [-0.25, -0.2) is 4.98 Å². The Morgan fingerprint density at radius 3 is 2.82 bits per heavy atom. The Morgan fingerprint density at radius 2 is 2.05 bits per heavy atom. The van der Waals surface area contributed by atoms with Crippen LogP contribution in [0.2, 0.25) is 0 Å². The van der Waals surface area contributed by atoms with Crippen LogP contribution in [0.1, 0.15) is 47.1 Å². The first-order chi connectivity index (χ1) is 10.4. The van der Waals surface area contributed by atoms with Crippen LogP contribution < -0.4 is 5.32 Å². The number of carbonyl (C=O) groups is 1. The number of aryl methyl sites for hydroxylation is 1. The van der Waals surface area contributed by atoms with Crippen LogP contribution in [0.15, 0.2) is 36.5 Å². The highest BCUT2D eigenvalue weighted by Gasteiger charge is 2.40. The standard InChI is InChI=1S/C18H20N2O2/c1-11-8-9-19-14(15(11)21)17(22)20-16-13-7-5-4-6-12(13)10-18(16,2)3/h4-9,16,21H,10H2,1-3H3,(H,20,22). The Kier molecular flexibility index (Phi) is 3.39. The van der Waals surface area contributed by atoms with E-state index in [1.54, 1.807) is 13.0 Å². The van der Waals surface area contributed by atoms with E-state index in [0.29, 0.717) is 5.56 Å². The van der Waals surface area contributed by atoms with Crippen molar-refractivity contribution in [3.63, 3.8) is 0 Å². The predicted molar refractivity (Wildman–Crippen MR) is 84.8 cm³/mol. The van der Waals surface area contributed by atoms with Crippen molar-refractivity contribution in [2.75, 3.05) is 0 Å². The maximum absolute atomic E-state index is 12.5. The zero-order chi connectivity index (χ0) is 15.9. The lowest BCUT2D eigenvalue weighted by molar-refractivity contribution is 0.0895. The van der Waals surface area contributed by atoms with E-state index in [4.69, 9.17) is 0 Å². The fourth-order valence-corrected chi connectivity index (χ4v) is 3.18. The lowest BCUT2D eigenvalue weighted by Crippen LogP contribution is -2.36. The second-order valence-electron chi connectivity index (χ2n) is 6.60. The van der Waals surface area contributed by atoms with Crippen molar-refractivity contribution in [2.45, 2.75) is 33.2 Å². The zero-order valence-corrected chi connectivity index (χ0v) is 13.1. The van der Waals surface area contributed by atoms with E-state index in [1.807, 2.05) is 12.1 Å². The maximum atomic E-state index is 12.5. The molecule has 1 aliphatic carbocycles. The van der Waals surface area contributed by atoms with Crippen molar-refractivity contribution in [3.05, 3.63) is 58.9 Å². The van der Waals surface area contributed by atoms with E-state index in [0.717, 1.165) is 12.0 Å². The van der Waals surface area contributed by atoms with Crippen LogP contribution in [0, 0.1) is 12.3 Å². The van der Waals surface area contributed by atoms with E-state index in [-0.39, 0.29) is 28.8 Å². The van der Waals surface area contributed by atoms with Crippen molar-refractivity contribution in [2.24, 2.45) is 5.41 Å². The number of hydrogen-bond donors (Lipinski definition) is 2. The SMILES string of the molecule is Cc1ccnc(C(=O)NC2c3ccccc3CC2(C)C)c1O. The predicted octanol–water partition coefficient (Wildman–Crippen LogP) is 3.15. The highest BCUT2D eigenvalue weighted by molar-refractivity contribution is 5.95. The minimum absolute atomic E-state index is 0.0518. The highest BCUT2D eigenvalue weighted by Crippen LogP contribution is 2.45. The molecule has 0 spiro atoms. The van der Waals surface area contributed by atoms with Crippen LogP contribution in [0.4, 0.5) is 0 Å². The number of rotatable bonds is 2. The summed E-state index contributed by atoms with van der Waals surface area (Å²) in [5.74, 6) is -0.389. The van der Waals surface area contributed by atoms with Crippen LogP contribution in [0.25, 0.3) is 0 Å². The Morgan fingerprint density at radius 1 is 1.32 bits per heavy atom. The van der Waals surface area contributed by atoms with Crippen molar-refractivity contribution < 1.29 is 9.90 Å². The fourth-order valence-electron chi connectivity index (χ4n) is 3.18. The molecule has 3 rings (SSSR count). The molecule has 22 heavy (non-hydrogen) atoms. The molecule has 2 N–H and O–H groups in total. The van der Waals surface area contributed by atoms with Gasteiger partial charge in [0.1, 0.15) is 5.75 Å². The van der Waals surface area contributed by atoms with Gasteiger partial charge in [0.2, 0.25) is 0 Å². The van der Waals surface area contributed by atoms with E-state index in [1.165, 1.54) is 11.8 Å². The second kappa shape index (κ2) is 5.13. The van der Waals surface area contributed by atoms with Crippen molar-refractivity contribution >= 4 is 5.91 Å². The van der Waals surface area contributed by atoms with Gasteiger partial charge < -0.3 is 10.4 Å². The van der Waals surface area contributed by atoms with Crippen LogP contribution in [0.3, 0.4) is 0 Å². The van der Waals surface area contributed by atoms with Crippen molar-refractivity contribution in [3.8, 4) is 5.75 Å². The molecule has 0 fully saturated rings. The number of amides is 1. The quantitative estimate of drug-likeness (QED) is 0.895. The molecule has 0 bridgehead atoms. The largest absolute Gasteiger partial charge is 0.505 e. The zero-order valence-electron chi connectivity index (χ0n) is 13.1. The van der Waals surface area contributed by atoms with Gasteiger partial charge in [0.15, 0.2) is 5.69 Å². The van der Waals surface area contributed by atoms with Gasteiger partial charge in [0.25, 0.3) is 5.91 Å². The highest BCUT2D eigenvalue weighted by atomic mass is 16.3. The van der Waals surface area contributed by atoms with Crippen LogP contribution in [0.5, 0.6) is 5.75 Å². The smallest absolute Gasteiger partial charge is 0.274 e. The average molecular weight is 296 g/mol. The first-order valence-electron chi connectivity index (χ1n) is 7.43. The van der Waals surface area contributed by atoms with Crippen LogP contribution >= 0.6 is 0 Å². The minimum atomic E-state index is -0.337. The first kappa shape index (κ1) is 14.6. The molecule has 4 heteroatoms. The van der Waals surface area contributed by atoms with Crippen LogP contribution in [-0.2, 0) is 6.42 Å². The van der Waals surface area contributed by atoms with E-state index < -0.39 is 0 Å². The van der Waals surface area contributed by atoms with Crippen molar-refractivity contribution in [1.29, 1.82) is 0 Å². The van der Waals surface area contributed by atoms with Gasteiger partial charge in [-0.3, -0.25) is 4.79 Å². The third kappa shape index (κ3) is 2.34. The molecule has 1 aromatic heterocycles. The van der Waals surface area contributed by atoms with Gasteiger partial charge in [-0.15, -0.1) is 0 Å². The minimum Gasteiger partial charge on any atom is -0.505 e. The molecule has 0 radical (unpaired) electrons. The molecule has 1 aliphatic rings. The monoisotopic (exact) mass is 296 g/mol. The summed E-state index contributed by atoms with van der Waals surface area (Å²) in [6, 6.07) is 9.76. The van der Waals surface area contributed by atoms with Gasteiger partial charge in [-0.1, -0.05) is 38.1 Å². The lowest BCUT2D eigenvalue weighted by atomic mass is 9.85. The van der Waals surface area contributed by atoms with E-state index >= 15 is 0 Å². The lowest BCUT2D eigenvalue weighted by Gasteiger charge is -2.28. The molecule has 1 heterocycles. The number of carbonyl (C=O) groups excluding carboxylic acids is 1. The molecule has 1 amide bonds. The summed E-state index contributed by atoms with van der Waals surface area (Å²) in [5.41, 5.74) is 3.07. The first-order valence-corrected chi connectivity index (χ1v) is 7.43. The Hall–Kier alpha value is -2.36. The second-order valence-corrected chi connectivity index (χ2v) is 6.60. The molecule has 2 aromatic rings. The van der Waals surface area contributed by atoms with Crippen molar-refractivity contribution in [1.82, 2.24) is 10.3 Å². The maximum Gasteiger partial charge on any atom is 0.274 e. The fraction of sp³-hybridized carbons (Fsp3) is 0.333. The molecule has 1 aromatic carbocycles. The Bertz CT molecular complexity index is 738. The number of fused-ring (bicyclic) bond motifs is 1. The normalized spacial score (nSPS) is 18.8. The molecule has 4 nitrogen and oxygen atoms in total. The van der Waals surface area contributed by atoms with Gasteiger partial charge in [0, 0.05) is 6.20 Å². The summed E-state index contributed by atoms with van der Waals surface area (Å²) in [5, 5.41) is 13.1. The molecule has 0 saturated heterocycles. The van der Waals surface area contributed by atoms with Crippen LogP contribution in [-0.4, -0.2) is 16.0 Å². The van der Waals surface area contributed by atoms with Gasteiger partial charge in [-0.2, -0.15) is 0 Å².